The van der Waals surface area contributed by atoms with Crippen LogP contribution in [0, 0.1) is 0 Å². The lowest BCUT2D eigenvalue weighted by Gasteiger charge is -2.03. The van der Waals surface area contributed by atoms with Crippen LogP contribution in [0.4, 0.5) is 0 Å². The third-order valence-corrected chi connectivity index (χ3v) is 2.32. The molecule has 0 radical (unpaired) electrons. The smallest absolute Gasteiger partial charge is 0.358 e. The maximum atomic E-state index is 11.0. The summed E-state index contributed by atoms with van der Waals surface area (Å²) >= 11 is 0. The van der Waals surface area contributed by atoms with Crippen LogP contribution in [-0.4, -0.2) is 31.2 Å². The van der Waals surface area contributed by atoms with E-state index in [4.69, 9.17) is 9.63 Å². The highest BCUT2D eigenvalue weighted by Gasteiger charge is 2.18. The van der Waals surface area contributed by atoms with E-state index >= 15 is 0 Å². The lowest BCUT2D eigenvalue weighted by atomic mass is 10.2. The summed E-state index contributed by atoms with van der Waals surface area (Å²) in [7, 11) is 0. The number of nitrogens with zero attached hydrogens (tertiary/aromatic N) is 4. The molecular formula is C10H12N4O3. The van der Waals surface area contributed by atoms with E-state index in [-0.39, 0.29) is 5.69 Å². The van der Waals surface area contributed by atoms with Gasteiger partial charge in [-0.1, -0.05) is 23.7 Å². The molecule has 90 valence electrons. The minimum Gasteiger partial charge on any atom is -0.476 e. The van der Waals surface area contributed by atoms with Crippen LogP contribution in [0.1, 0.15) is 35.3 Å². The Morgan fingerprint density at radius 2 is 2.41 bits per heavy atom. The van der Waals surface area contributed by atoms with E-state index < -0.39 is 5.97 Å². The van der Waals surface area contributed by atoms with Crippen LogP contribution in [0.3, 0.4) is 0 Å². The van der Waals surface area contributed by atoms with Crippen LogP contribution in [-0.2, 0) is 13.0 Å². The molecule has 0 saturated carbocycles. The predicted octanol–water partition coefficient (Wildman–Crippen LogP) is 0.965. The van der Waals surface area contributed by atoms with Gasteiger partial charge in [0.05, 0.1) is 11.9 Å². The maximum absolute atomic E-state index is 11.0. The van der Waals surface area contributed by atoms with Gasteiger partial charge in [0.25, 0.3) is 0 Å². The van der Waals surface area contributed by atoms with Gasteiger partial charge in [-0.25, -0.2) is 9.48 Å². The molecule has 1 N–H and O–H groups in total. The zero-order valence-electron chi connectivity index (χ0n) is 9.33. The van der Waals surface area contributed by atoms with Crippen molar-refractivity contribution in [2.45, 2.75) is 26.3 Å². The van der Waals surface area contributed by atoms with Crippen LogP contribution >= 0.6 is 0 Å². The van der Waals surface area contributed by atoms with Crippen molar-refractivity contribution in [3.05, 3.63) is 29.4 Å². The second kappa shape index (κ2) is 4.77. The highest BCUT2D eigenvalue weighted by molar-refractivity contribution is 5.86. The standard InChI is InChI=1S/C10H12N4O3/c1-2-3-8-9(10(15)16)12-13-14(8)6-7-4-5-11-17-7/h4-5H,2-3,6H2,1H3,(H,15,16). The molecule has 17 heavy (non-hydrogen) atoms. The zero-order chi connectivity index (χ0) is 12.3. The van der Waals surface area contributed by atoms with E-state index in [1.165, 1.54) is 10.9 Å². The first-order valence-electron chi connectivity index (χ1n) is 5.27. The number of carboxylic acids is 1. The molecule has 2 aromatic heterocycles. The first-order chi connectivity index (χ1) is 8.22. The molecule has 7 heteroatoms. The van der Waals surface area contributed by atoms with Crippen molar-refractivity contribution in [2.75, 3.05) is 0 Å². The molecule has 2 aromatic rings. The number of hydrogen-bond donors (Lipinski definition) is 1. The van der Waals surface area contributed by atoms with E-state index in [9.17, 15) is 4.79 Å². The van der Waals surface area contributed by atoms with Gasteiger partial charge in [-0.3, -0.25) is 0 Å². The molecule has 0 spiro atoms. The van der Waals surface area contributed by atoms with Gasteiger partial charge in [0.2, 0.25) is 0 Å². The molecule has 2 heterocycles. The number of carbonyl (C=O) groups is 1. The fourth-order valence-corrected chi connectivity index (χ4v) is 1.58. The fourth-order valence-electron chi connectivity index (χ4n) is 1.58. The number of hydrogen-bond acceptors (Lipinski definition) is 5. The van der Waals surface area contributed by atoms with E-state index in [0.29, 0.717) is 24.4 Å². The van der Waals surface area contributed by atoms with Gasteiger partial charge in [-0.2, -0.15) is 0 Å². The van der Waals surface area contributed by atoms with Crippen LogP contribution in [0.15, 0.2) is 16.8 Å². The van der Waals surface area contributed by atoms with Gasteiger partial charge >= 0.3 is 5.97 Å². The highest BCUT2D eigenvalue weighted by atomic mass is 16.5. The summed E-state index contributed by atoms with van der Waals surface area (Å²) in [5, 5.41) is 20.1. The largest absolute Gasteiger partial charge is 0.476 e. The monoisotopic (exact) mass is 236 g/mol. The molecule has 0 bridgehead atoms. The Balaban J connectivity index is 2.30. The van der Waals surface area contributed by atoms with Crippen molar-refractivity contribution < 1.29 is 14.4 Å². The molecule has 0 amide bonds. The SMILES string of the molecule is CCCc1c(C(=O)O)nnn1Cc1ccno1. The molecule has 0 aliphatic heterocycles. The molecule has 7 nitrogen and oxygen atoms in total. The summed E-state index contributed by atoms with van der Waals surface area (Å²) in [5.41, 5.74) is 0.614. The summed E-state index contributed by atoms with van der Waals surface area (Å²) in [5.74, 6) is -0.443. The van der Waals surface area contributed by atoms with Crippen molar-refractivity contribution in [1.82, 2.24) is 20.2 Å². The van der Waals surface area contributed by atoms with Crippen LogP contribution in [0.25, 0.3) is 0 Å². The number of aromatic carboxylic acids is 1. The topological polar surface area (TPSA) is 94.0 Å². The highest BCUT2D eigenvalue weighted by Crippen LogP contribution is 2.11. The molecule has 0 fully saturated rings. The van der Waals surface area contributed by atoms with E-state index in [1.54, 1.807) is 6.07 Å². The molecule has 0 aliphatic carbocycles. The molecule has 0 saturated heterocycles. The fraction of sp³-hybridized carbons (Fsp3) is 0.400. The lowest BCUT2D eigenvalue weighted by Crippen LogP contribution is -2.09. The predicted molar refractivity (Wildman–Crippen MR) is 56.6 cm³/mol. The zero-order valence-corrected chi connectivity index (χ0v) is 9.33. The van der Waals surface area contributed by atoms with Crippen molar-refractivity contribution >= 4 is 5.97 Å². The molecule has 0 unspecified atom stereocenters. The maximum Gasteiger partial charge on any atom is 0.358 e. The van der Waals surface area contributed by atoms with Crippen molar-refractivity contribution in [2.24, 2.45) is 0 Å². The Morgan fingerprint density at radius 1 is 1.59 bits per heavy atom. The second-order valence-corrected chi connectivity index (χ2v) is 3.58. The molecule has 0 aromatic carbocycles. The average molecular weight is 236 g/mol. The summed E-state index contributed by atoms with van der Waals surface area (Å²) in [6.45, 7) is 2.31. The van der Waals surface area contributed by atoms with Crippen molar-refractivity contribution in [1.29, 1.82) is 0 Å². The first-order valence-corrected chi connectivity index (χ1v) is 5.27. The van der Waals surface area contributed by atoms with E-state index in [1.807, 2.05) is 6.92 Å². The minimum atomic E-state index is -1.06. The van der Waals surface area contributed by atoms with Gasteiger partial charge in [0.15, 0.2) is 11.5 Å². The summed E-state index contributed by atoms with van der Waals surface area (Å²) < 4.78 is 6.49. The van der Waals surface area contributed by atoms with Gasteiger partial charge in [0, 0.05) is 6.07 Å². The Kier molecular flexibility index (Phi) is 3.17. The molecular weight excluding hydrogens is 224 g/mol. The molecule has 0 atom stereocenters. The van der Waals surface area contributed by atoms with Crippen molar-refractivity contribution in [3.8, 4) is 0 Å². The third kappa shape index (κ3) is 2.32. The van der Waals surface area contributed by atoms with Crippen LogP contribution < -0.4 is 0 Å². The van der Waals surface area contributed by atoms with E-state index in [2.05, 4.69) is 15.5 Å². The third-order valence-electron chi connectivity index (χ3n) is 2.32. The summed E-state index contributed by atoms with van der Waals surface area (Å²) in [6.07, 6.45) is 2.97. The lowest BCUT2D eigenvalue weighted by molar-refractivity contribution is 0.0689. The van der Waals surface area contributed by atoms with Gasteiger partial charge in [0.1, 0.15) is 6.54 Å². The quantitative estimate of drug-likeness (QED) is 0.831. The van der Waals surface area contributed by atoms with Gasteiger partial charge in [-0.15, -0.1) is 5.10 Å². The Labute approximate surface area is 97.0 Å². The molecule has 2 rings (SSSR count). The van der Waals surface area contributed by atoms with Gasteiger partial charge in [-0.05, 0) is 6.42 Å². The van der Waals surface area contributed by atoms with Crippen LogP contribution in [0.5, 0.6) is 0 Å². The summed E-state index contributed by atoms with van der Waals surface area (Å²) in [6, 6.07) is 1.71. The average Bonchev–Trinajstić information content (AvgIpc) is 2.90. The van der Waals surface area contributed by atoms with Crippen molar-refractivity contribution in [3.63, 3.8) is 0 Å². The number of carboxylic acid groups (broad SMARTS) is 1. The summed E-state index contributed by atoms with van der Waals surface area (Å²) in [4.78, 5) is 11.0. The minimum absolute atomic E-state index is 0.00589. The van der Waals surface area contributed by atoms with Gasteiger partial charge < -0.3 is 9.63 Å². The van der Waals surface area contributed by atoms with E-state index in [0.717, 1.165) is 6.42 Å². The Morgan fingerprint density at radius 3 is 3.00 bits per heavy atom. The Bertz CT molecular complexity index is 504. The molecule has 0 aliphatic rings. The number of rotatable bonds is 5. The number of aromatic nitrogens is 4. The van der Waals surface area contributed by atoms with Crippen LogP contribution in [0.2, 0.25) is 0 Å². The normalized spacial score (nSPS) is 10.6. The second-order valence-electron chi connectivity index (χ2n) is 3.58. The first kappa shape index (κ1) is 11.3. The Hall–Kier alpha value is -2.18.